The average molecular weight is 333 g/mol. The van der Waals surface area contributed by atoms with Crippen LogP contribution in [0, 0.1) is 5.92 Å². The summed E-state index contributed by atoms with van der Waals surface area (Å²) in [5, 5.41) is 4.08. The molecule has 18 heavy (non-hydrogen) atoms. The van der Waals surface area contributed by atoms with Gasteiger partial charge in [-0.25, -0.2) is 4.98 Å². The van der Waals surface area contributed by atoms with E-state index in [4.69, 9.17) is 11.6 Å². The maximum absolute atomic E-state index is 6.12. The van der Waals surface area contributed by atoms with Crippen molar-refractivity contribution >= 4 is 33.2 Å². The van der Waals surface area contributed by atoms with Crippen molar-refractivity contribution in [1.29, 1.82) is 0 Å². The number of rotatable bonds is 2. The summed E-state index contributed by atoms with van der Waals surface area (Å²) in [5.41, 5.74) is 0.916. The summed E-state index contributed by atoms with van der Waals surface area (Å²) in [6, 6.07) is 3.03. The molecule has 5 heteroatoms. The van der Waals surface area contributed by atoms with Crippen LogP contribution < -0.4 is 5.32 Å². The molecule has 0 spiro atoms. The molecule has 0 radical (unpaired) electrons. The fourth-order valence-corrected chi connectivity index (χ4v) is 2.96. The summed E-state index contributed by atoms with van der Waals surface area (Å²) in [6.07, 6.45) is 2.84. The molecule has 100 valence electrons. The molecule has 0 aliphatic carbocycles. The Morgan fingerprint density at radius 3 is 2.94 bits per heavy atom. The smallest absolute Gasteiger partial charge is 0.152 e. The lowest BCUT2D eigenvalue weighted by molar-refractivity contribution is 0.145. The highest BCUT2D eigenvalue weighted by molar-refractivity contribution is 9.10. The lowest BCUT2D eigenvalue weighted by Gasteiger charge is -2.40. The fourth-order valence-electron chi connectivity index (χ4n) is 2.47. The van der Waals surface area contributed by atoms with Crippen molar-refractivity contribution in [2.24, 2.45) is 5.92 Å². The van der Waals surface area contributed by atoms with Crippen molar-refractivity contribution in [2.45, 2.75) is 32.4 Å². The van der Waals surface area contributed by atoms with Crippen molar-refractivity contribution in [2.75, 3.05) is 18.9 Å². The highest BCUT2D eigenvalue weighted by Crippen LogP contribution is 2.28. The second-order valence-corrected chi connectivity index (χ2v) is 6.52. The van der Waals surface area contributed by atoms with E-state index in [0.29, 0.717) is 23.2 Å². The van der Waals surface area contributed by atoms with Gasteiger partial charge in [0.2, 0.25) is 0 Å². The van der Waals surface area contributed by atoms with Crippen LogP contribution in [0.25, 0.3) is 0 Å². The predicted octanol–water partition coefficient (Wildman–Crippen LogP) is 3.64. The number of aromatic nitrogens is 1. The molecular formula is C13H19BrClN3. The molecule has 3 unspecified atom stereocenters. The molecular weight excluding hydrogens is 314 g/mol. The van der Waals surface area contributed by atoms with Crippen LogP contribution in [-0.4, -0.2) is 35.6 Å². The average Bonchev–Trinajstić information content (AvgIpc) is 2.30. The van der Waals surface area contributed by atoms with E-state index in [2.05, 4.69) is 52.0 Å². The molecule has 3 atom stereocenters. The molecule has 1 aromatic heterocycles. The highest BCUT2D eigenvalue weighted by Gasteiger charge is 2.29. The van der Waals surface area contributed by atoms with Crippen LogP contribution in [-0.2, 0) is 0 Å². The van der Waals surface area contributed by atoms with Gasteiger partial charge < -0.3 is 10.2 Å². The molecule has 2 heterocycles. The first kappa shape index (κ1) is 14.1. The molecule has 1 aliphatic heterocycles. The Kier molecular flexibility index (Phi) is 4.51. The van der Waals surface area contributed by atoms with Gasteiger partial charge in [0.1, 0.15) is 0 Å². The van der Waals surface area contributed by atoms with Crippen molar-refractivity contribution in [3.63, 3.8) is 0 Å². The summed E-state index contributed by atoms with van der Waals surface area (Å²) in [6.45, 7) is 5.65. The van der Waals surface area contributed by atoms with Crippen LogP contribution in [0.5, 0.6) is 0 Å². The Balaban J connectivity index is 2.11. The van der Waals surface area contributed by atoms with Crippen LogP contribution in [0.4, 0.5) is 5.69 Å². The molecule has 1 saturated heterocycles. The van der Waals surface area contributed by atoms with Crippen LogP contribution >= 0.6 is 27.5 Å². The lowest BCUT2D eigenvalue weighted by Crippen LogP contribution is -2.48. The maximum atomic E-state index is 6.12. The summed E-state index contributed by atoms with van der Waals surface area (Å²) in [4.78, 5) is 6.56. The minimum absolute atomic E-state index is 0.449. The second kappa shape index (κ2) is 5.76. The van der Waals surface area contributed by atoms with Gasteiger partial charge in [0, 0.05) is 29.3 Å². The van der Waals surface area contributed by atoms with Crippen molar-refractivity contribution in [1.82, 2.24) is 9.88 Å². The third-order valence-corrected chi connectivity index (χ3v) is 4.49. The summed E-state index contributed by atoms with van der Waals surface area (Å²) in [5.74, 6) is 0.598. The van der Waals surface area contributed by atoms with E-state index in [1.165, 1.54) is 0 Å². The van der Waals surface area contributed by atoms with Crippen molar-refractivity contribution in [3.8, 4) is 0 Å². The van der Waals surface area contributed by atoms with Crippen LogP contribution in [0.3, 0.4) is 0 Å². The Morgan fingerprint density at radius 1 is 1.50 bits per heavy atom. The molecule has 1 N–H and O–H groups in total. The van der Waals surface area contributed by atoms with Gasteiger partial charge in [-0.1, -0.05) is 18.5 Å². The third kappa shape index (κ3) is 3.16. The van der Waals surface area contributed by atoms with E-state index < -0.39 is 0 Å². The predicted molar refractivity (Wildman–Crippen MR) is 80.2 cm³/mol. The molecule has 0 bridgehead atoms. The van der Waals surface area contributed by atoms with Gasteiger partial charge in [-0.05, 0) is 48.3 Å². The van der Waals surface area contributed by atoms with Crippen LogP contribution in [0.2, 0.25) is 5.15 Å². The zero-order valence-electron chi connectivity index (χ0n) is 11.0. The number of hydrogen-bond acceptors (Lipinski definition) is 3. The molecule has 0 saturated carbocycles. The molecule has 2 rings (SSSR count). The van der Waals surface area contributed by atoms with Crippen molar-refractivity contribution in [3.05, 3.63) is 21.9 Å². The molecule has 1 fully saturated rings. The highest BCUT2D eigenvalue weighted by atomic mass is 79.9. The minimum atomic E-state index is 0.449. The topological polar surface area (TPSA) is 28.2 Å². The number of nitrogens with zero attached hydrogens (tertiary/aromatic N) is 2. The third-order valence-electron chi connectivity index (χ3n) is 3.76. The van der Waals surface area contributed by atoms with Crippen molar-refractivity contribution < 1.29 is 0 Å². The van der Waals surface area contributed by atoms with E-state index in [0.717, 1.165) is 23.1 Å². The van der Waals surface area contributed by atoms with E-state index in [1.54, 1.807) is 6.20 Å². The largest absolute Gasteiger partial charge is 0.379 e. The van der Waals surface area contributed by atoms with E-state index in [-0.39, 0.29) is 0 Å². The van der Waals surface area contributed by atoms with E-state index in [1.807, 2.05) is 6.07 Å². The quantitative estimate of drug-likeness (QED) is 0.838. The SMILES string of the molecule is CC1CN(C)C(C)CC1Nc1cc(Br)cnc1Cl. The van der Waals surface area contributed by atoms with E-state index in [9.17, 15) is 0 Å². The Labute approximate surface area is 122 Å². The minimum Gasteiger partial charge on any atom is -0.379 e. The zero-order valence-corrected chi connectivity index (χ0v) is 13.3. The van der Waals surface area contributed by atoms with Crippen LogP contribution in [0.1, 0.15) is 20.3 Å². The molecule has 0 aromatic carbocycles. The van der Waals surface area contributed by atoms with Gasteiger partial charge in [-0.15, -0.1) is 0 Å². The molecule has 0 amide bonds. The van der Waals surface area contributed by atoms with Gasteiger partial charge in [0.05, 0.1) is 5.69 Å². The van der Waals surface area contributed by atoms with Gasteiger partial charge in [0.25, 0.3) is 0 Å². The Morgan fingerprint density at radius 2 is 2.22 bits per heavy atom. The molecule has 3 nitrogen and oxygen atoms in total. The fraction of sp³-hybridized carbons (Fsp3) is 0.615. The Bertz CT molecular complexity index is 427. The summed E-state index contributed by atoms with van der Waals surface area (Å²) >= 11 is 9.55. The standard InChI is InChI=1S/C13H19BrClN3/c1-8-7-18(3)9(2)4-11(8)17-12-5-10(14)6-16-13(12)15/h5-6,8-9,11,17H,4,7H2,1-3H3. The monoisotopic (exact) mass is 331 g/mol. The lowest BCUT2D eigenvalue weighted by atomic mass is 9.90. The number of piperidine rings is 1. The van der Waals surface area contributed by atoms with Gasteiger partial charge >= 0.3 is 0 Å². The first-order chi connectivity index (χ1) is 8.47. The Hall–Kier alpha value is -0.320. The number of halogens is 2. The maximum Gasteiger partial charge on any atom is 0.152 e. The first-order valence-electron chi connectivity index (χ1n) is 6.25. The van der Waals surface area contributed by atoms with Gasteiger partial charge in [-0.3, -0.25) is 0 Å². The zero-order chi connectivity index (χ0) is 13.3. The molecule has 1 aromatic rings. The number of anilines is 1. The molecule has 1 aliphatic rings. The number of hydrogen-bond donors (Lipinski definition) is 1. The summed E-state index contributed by atoms with van der Waals surface area (Å²) < 4.78 is 0.947. The first-order valence-corrected chi connectivity index (χ1v) is 7.42. The van der Waals surface area contributed by atoms with Crippen LogP contribution in [0.15, 0.2) is 16.7 Å². The second-order valence-electron chi connectivity index (χ2n) is 5.24. The normalized spacial score (nSPS) is 29.3. The van der Waals surface area contributed by atoms with Gasteiger partial charge in [-0.2, -0.15) is 0 Å². The number of pyridine rings is 1. The number of likely N-dealkylation sites (tertiary alicyclic amines) is 1. The summed E-state index contributed by atoms with van der Waals surface area (Å²) in [7, 11) is 2.19. The van der Waals surface area contributed by atoms with E-state index >= 15 is 0 Å². The number of nitrogens with one attached hydrogen (secondary N) is 1. The van der Waals surface area contributed by atoms with Gasteiger partial charge in [0.15, 0.2) is 5.15 Å².